The van der Waals surface area contributed by atoms with Crippen LogP contribution in [-0.4, -0.2) is 34.1 Å². The average Bonchev–Trinajstić information content (AvgIpc) is 2.99. The number of rotatable bonds is 6. The summed E-state index contributed by atoms with van der Waals surface area (Å²) in [5, 5.41) is 3.75. The van der Waals surface area contributed by atoms with Crippen LogP contribution in [0, 0.1) is 0 Å². The number of imidazole rings is 1. The van der Waals surface area contributed by atoms with E-state index in [-0.39, 0.29) is 6.61 Å². The number of pyridine rings is 1. The molecule has 3 aromatic rings. The molecular formula is C17H16Cl2N4O3. The van der Waals surface area contributed by atoms with Crippen LogP contribution in [-0.2, 0) is 4.74 Å². The summed E-state index contributed by atoms with van der Waals surface area (Å²) in [4.78, 5) is 23.6. The van der Waals surface area contributed by atoms with E-state index in [1.165, 1.54) is 12.4 Å². The van der Waals surface area contributed by atoms with Crippen LogP contribution < -0.4 is 10.1 Å². The zero-order valence-electron chi connectivity index (χ0n) is 14.1. The van der Waals surface area contributed by atoms with Crippen LogP contribution in [0.25, 0.3) is 11.0 Å². The lowest BCUT2D eigenvalue weighted by Crippen LogP contribution is -2.07. The first kappa shape index (κ1) is 18.3. The second-order valence-electron chi connectivity index (χ2n) is 5.21. The first-order valence-electron chi connectivity index (χ1n) is 7.93. The van der Waals surface area contributed by atoms with Crippen LogP contribution in [0.1, 0.15) is 24.2 Å². The molecule has 0 aliphatic rings. The fourth-order valence-electron chi connectivity index (χ4n) is 2.39. The van der Waals surface area contributed by atoms with E-state index in [0.29, 0.717) is 50.6 Å². The van der Waals surface area contributed by atoms with Crippen molar-refractivity contribution in [3.05, 3.63) is 40.1 Å². The highest BCUT2D eigenvalue weighted by atomic mass is 35.5. The first-order chi connectivity index (χ1) is 12.5. The smallest absolute Gasteiger partial charge is 0.341 e. The third kappa shape index (κ3) is 3.68. The number of nitrogens with zero attached hydrogens (tertiary/aromatic N) is 2. The molecule has 3 rings (SSSR count). The molecule has 0 amide bonds. The molecule has 0 fully saturated rings. The number of aromatic amines is 1. The molecule has 0 aliphatic carbocycles. The Kier molecular flexibility index (Phi) is 5.49. The van der Waals surface area contributed by atoms with Crippen molar-refractivity contribution in [1.82, 2.24) is 15.0 Å². The van der Waals surface area contributed by atoms with Crippen molar-refractivity contribution in [2.45, 2.75) is 13.8 Å². The van der Waals surface area contributed by atoms with Gasteiger partial charge in [0.15, 0.2) is 0 Å². The molecule has 0 atom stereocenters. The zero-order valence-corrected chi connectivity index (χ0v) is 15.6. The molecule has 7 nitrogen and oxygen atoms in total. The van der Waals surface area contributed by atoms with Crippen LogP contribution in [0.4, 0.5) is 11.6 Å². The van der Waals surface area contributed by atoms with E-state index in [9.17, 15) is 4.79 Å². The van der Waals surface area contributed by atoms with Crippen molar-refractivity contribution < 1.29 is 14.3 Å². The second kappa shape index (κ2) is 7.80. The van der Waals surface area contributed by atoms with Crippen molar-refractivity contribution in [2.75, 3.05) is 18.5 Å². The van der Waals surface area contributed by atoms with Gasteiger partial charge in [-0.3, -0.25) is 4.98 Å². The monoisotopic (exact) mass is 394 g/mol. The Labute approximate surface area is 159 Å². The lowest BCUT2D eigenvalue weighted by molar-refractivity contribution is 0.0522. The van der Waals surface area contributed by atoms with Crippen molar-refractivity contribution in [1.29, 1.82) is 0 Å². The molecule has 0 radical (unpaired) electrons. The van der Waals surface area contributed by atoms with E-state index in [1.54, 1.807) is 19.1 Å². The zero-order chi connectivity index (χ0) is 18.7. The Bertz CT molecular complexity index is 938. The highest BCUT2D eigenvalue weighted by Crippen LogP contribution is 2.32. The fourth-order valence-corrected chi connectivity index (χ4v) is 2.85. The lowest BCUT2D eigenvalue weighted by Gasteiger charge is -2.09. The van der Waals surface area contributed by atoms with Gasteiger partial charge in [0, 0.05) is 18.5 Å². The number of hydrogen-bond acceptors (Lipinski definition) is 6. The maximum absolute atomic E-state index is 12.2. The normalized spacial score (nSPS) is 10.8. The fraction of sp³-hybridized carbons (Fsp3) is 0.235. The van der Waals surface area contributed by atoms with Crippen molar-refractivity contribution in [2.24, 2.45) is 0 Å². The maximum Gasteiger partial charge on any atom is 0.341 e. The number of ether oxygens (including phenoxy) is 2. The number of aromatic nitrogens is 3. The molecule has 26 heavy (non-hydrogen) atoms. The van der Waals surface area contributed by atoms with Crippen molar-refractivity contribution >= 4 is 51.8 Å². The van der Waals surface area contributed by atoms with Crippen LogP contribution in [0.3, 0.4) is 0 Å². The van der Waals surface area contributed by atoms with Gasteiger partial charge in [-0.15, -0.1) is 0 Å². The molecule has 0 unspecified atom stereocenters. The number of halogens is 2. The number of carbonyl (C=O) groups excluding carboxylic acids is 1. The van der Waals surface area contributed by atoms with E-state index < -0.39 is 5.97 Å². The highest BCUT2D eigenvalue weighted by molar-refractivity contribution is 6.39. The minimum Gasteiger partial charge on any atom is -0.493 e. The second-order valence-corrected chi connectivity index (χ2v) is 6.02. The average molecular weight is 395 g/mol. The summed E-state index contributed by atoms with van der Waals surface area (Å²) in [5.41, 5.74) is 2.06. The number of esters is 1. The highest BCUT2D eigenvalue weighted by Gasteiger charge is 2.18. The van der Waals surface area contributed by atoms with Gasteiger partial charge in [-0.1, -0.05) is 23.2 Å². The van der Waals surface area contributed by atoms with E-state index >= 15 is 0 Å². The van der Waals surface area contributed by atoms with E-state index in [4.69, 9.17) is 32.7 Å². The largest absolute Gasteiger partial charge is 0.493 e. The molecule has 2 heterocycles. The predicted molar refractivity (Wildman–Crippen MR) is 101 cm³/mol. The molecular weight excluding hydrogens is 379 g/mol. The predicted octanol–water partition coefficient (Wildman–Crippen LogP) is 4.58. The van der Waals surface area contributed by atoms with E-state index in [2.05, 4.69) is 20.3 Å². The molecule has 0 saturated carbocycles. The summed E-state index contributed by atoms with van der Waals surface area (Å²) < 4.78 is 10.6. The Morgan fingerprint density at radius 2 is 1.92 bits per heavy atom. The minimum absolute atomic E-state index is 0.273. The summed E-state index contributed by atoms with van der Waals surface area (Å²) in [6.07, 6.45) is 2.95. The van der Waals surface area contributed by atoms with Gasteiger partial charge in [0.2, 0.25) is 5.95 Å². The number of hydrogen-bond donors (Lipinski definition) is 2. The topological polar surface area (TPSA) is 89.1 Å². The maximum atomic E-state index is 12.2. The Morgan fingerprint density at radius 3 is 2.58 bits per heavy atom. The molecule has 0 saturated heterocycles. The van der Waals surface area contributed by atoms with Gasteiger partial charge in [0.1, 0.15) is 11.3 Å². The summed E-state index contributed by atoms with van der Waals surface area (Å²) in [7, 11) is 0. The van der Waals surface area contributed by atoms with Gasteiger partial charge in [0.05, 0.1) is 40.0 Å². The van der Waals surface area contributed by atoms with Crippen molar-refractivity contribution in [3.63, 3.8) is 0 Å². The number of fused-ring (bicyclic) bond motifs is 1. The number of anilines is 2. The number of H-pyrrole nitrogens is 1. The molecule has 9 heteroatoms. The van der Waals surface area contributed by atoms with Crippen LogP contribution in [0.5, 0.6) is 5.75 Å². The van der Waals surface area contributed by atoms with Gasteiger partial charge in [-0.05, 0) is 19.9 Å². The van der Waals surface area contributed by atoms with E-state index in [1.807, 2.05) is 6.92 Å². The van der Waals surface area contributed by atoms with Crippen LogP contribution >= 0.6 is 23.2 Å². The number of carbonyl (C=O) groups is 1. The SMILES string of the molecule is CCOC(=O)c1cc2nc(Nc3c(Cl)cncc3Cl)[nH]c2cc1OCC. The van der Waals surface area contributed by atoms with E-state index in [0.717, 1.165) is 0 Å². The first-order valence-corrected chi connectivity index (χ1v) is 8.68. The minimum atomic E-state index is -0.462. The van der Waals surface area contributed by atoms with Gasteiger partial charge in [-0.25, -0.2) is 9.78 Å². The van der Waals surface area contributed by atoms with Gasteiger partial charge < -0.3 is 19.8 Å². The number of nitrogens with one attached hydrogen (secondary N) is 2. The number of benzene rings is 1. The summed E-state index contributed by atoms with van der Waals surface area (Å²) in [5.74, 6) is 0.377. The lowest BCUT2D eigenvalue weighted by atomic mass is 10.1. The van der Waals surface area contributed by atoms with Crippen molar-refractivity contribution in [3.8, 4) is 5.75 Å². The molecule has 1 aromatic carbocycles. The molecule has 136 valence electrons. The summed E-state index contributed by atoms with van der Waals surface area (Å²) in [6, 6.07) is 3.33. The third-order valence-electron chi connectivity index (χ3n) is 3.48. The molecule has 2 N–H and O–H groups in total. The quantitative estimate of drug-likeness (QED) is 0.594. The summed E-state index contributed by atoms with van der Waals surface area (Å²) >= 11 is 12.2. The third-order valence-corrected chi connectivity index (χ3v) is 4.05. The summed E-state index contributed by atoms with van der Waals surface area (Å²) in [6.45, 7) is 4.27. The molecule has 2 aromatic heterocycles. The Balaban J connectivity index is 2.01. The Morgan fingerprint density at radius 1 is 1.19 bits per heavy atom. The van der Waals surface area contributed by atoms with Gasteiger partial charge >= 0.3 is 5.97 Å². The molecule has 0 bridgehead atoms. The molecule has 0 spiro atoms. The standard InChI is InChI=1S/C17H16Cl2N4O3/c1-3-25-14-6-13-12(5-9(14)16(24)26-4-2)21-17(22-13)23-15-10(18)7-20-8-11(15)19/h5-8H,3-4H2,1-2H3,(H2,20,21,22,23). The van der Waals surface area contributed by atoms with Gasteiger partial charge in [0.25, 0.3) is 0 Å². The molecule has 0 aliphatic heterocycles. The Hall–Kier alpha value is -2.51. The van der Waals surface area contributed by atoms with Crippen LogP contribution in [0.2, 0.25) is 10.0 Å². The van der Waals surface area contributed by atoms with Crippen LogP contribution in [0.15, 0.2) is 24.5 Å². The van der Waals surface area contributed by atoms with Gasteiger partial charge in [-0.2, -0.15) is 0 Å².